The van der Waals surface area contributed by atoms with E-state index >= 15 is 0 Å². The number of anilines is 1. The number of benzene rings is 1. The van der Waals surface area contributed by atoms with Gasteiger partial charge in [-0.1, -0.05) is 12.8 Å². The third-order valence-electron chi connectivity index (χ3n) is 5.47. The summed E-state index contributed by atoms with van der Waals surface area (Å²) in [7, 11) is 2.58. The van der Waals surface area contributed by atoms with Gasteiger partial charge in [-0.05, 0) is 30.9 Å². The molecule has 1 aliphatic heterocycles. The largest absolute Gasteiger partial charge is 0.493 e. The van der Waals surface area contributed by atoms with Crippen molar-refractivity contribution in [3.05, 3.63) is 40.7 Å². The Balaban J connectivity index is 1.93. The van der Waals surface area contributed by atoms with Gasteiger partial charge in [0, 0.05) is 18.8 Å². The quantitative estimate of drug-likeness (QED) is 0.623. The first kappa shape index (κ1) is 20.9. The van der Waals surface area contributed by atoms with Crippen LogP contribution in [0.5, 0.6) is 11.5 Å². The third-order valence-corrected chi connectivity index (χ3v) is 5.47. The lowest BCUT2D eigenvalue weighted by atomic mass is 10.1. The maximum Gasteiger partial charge on any atom is 0.183 e. The number of ether oxygens (including phenoxy) is 2. The SMILES string of the molecule is CCc1cnc(N)c2c(C#Cc3c(F)c(OC)cc(OC)c3F)nn(C3CCNC3)c12. The summed E-state index contributed by atoms with van der Waals surface area (Å²) in [5.74, 6) is 3.52. The average Bonchev–Trinajstić information content (AvgIpc) is 3.43. The number of aromatic nitrogens is 3. The molecule has 0 radical (unpaired) electrons. The standard InChI is InChI=1S/C22H23F2N5O2/c1-4-12-10-27-22(25)18-15(28-29(21(12)18)13-7-8-26-11-13)6-5-14-19(23)16(30-2)9-17(31-3)20(14)24/h9-10,13,26H,4,7-8,11H2,1-3H3,(H2,25,27). The molecule has 31 heavy (non-hydrogen) atoms. The highest BCUT2D eigenvalue weighted by Crippen LogP contribution is 2.32. The normalized spacial score (nSPS) is 15.7. The molecule has 0 aliphatic carbocycles. The summed E-state index contributed by atoms with van der Waals surface area (Å²) in [6.07, 6.45) is 3.38. The second kappa shape index (κ2) is 8.40. The topological polar surface area (TPSA) is 87.2 Å². The molecule has 162 valence electrons. The Kier molecular flexibility index (Phi) is 5.65. The number of hydrogen-bond donors (Lipinski definition) is 2. The van der Waals surface area contributed by atoms with Crippen LogP contribution in [0.2, 0.25) is 0 Å². The Labute approximate surface area is 178 Å². The lowest BCUT2D eigenvalue weighted by Crippen LogP contribution is -2.15. The zero-order chi connectivity index (χ0) is 22.1. The monoisotopic (exact) mass is 427 g/mol. The van der Waals surface area contributed by atoms with Crippen molar-refractivity contribution in [2.45, 2.75) is 25.8 Å². The average molecular weight is 427 g/mol. The van der Waals surface area contributed by atoms with Crippen LogP contribution in [0.15, 0.2) is 12.3 Å². The number of nitrogen functional groups attached to an aromatic ring is 1. The molecular weight excluding hydrogens is 404 g/mol. The summed E-state index contributed by atoms with van der Waals surface area (Å²) < 4.78 is 41.3. The van der Waals surface area contributed by atoms with E-state index in [9.17, 15) is 8.78 Å². The number of hydrogen-bond acceptors (Lipinski definition) is 6. The molecule has 1 aromatic carbocycles. The summed E-state index contributed by atoms with van der Waals surface area (Å²) in [5, 5.41) is 8.59. The Morgan fingerprint density at radius 2 is 1.94 bits per heavy atom. The molecule has 9 heteroatoms. The zero-order valence-electron chi connectivity index (χ0n) is 17.6. The van der Waals surface area contributed by atoms with Gasteiger partial charge in [0.2, 0.25) is 0 Å². The number of nitrogens with two attached hydrogens (primary N) is 1. The van der Waals surface area contributed by atoms with E-state index < -0.39 is 17.2 Å². The zero-order valence-corrected chi connectivity index (χ0v) is 17.6. The third kappa shape index (κ3) is 3.53. The minimum Gasteiger partial charge on any atom is -0.493 e. The Morgan fingerprint density at radius 3 is 2.52 bits per heavy atom. The van der Waals surface area contributed by atoms with Crippen LogP contribution in [0.3, 0.4) is 0 Å². The molecule has 1 unspecified atom stereocenters. The van der Waals surface area contributed by atoms with Crippen LogP contribution in [0, 0.1) is 23.5 Å². The van der Waals surface area contributed by atoms with Gasteiger partial charge in [0.25, 0.3) is 0 Å². The first-order valence-corrected chi connectivity index (χ1v) is 9.98. The fraction of sp³-hybridized carbons (Fsp3) is 0.364. The minimum atomic E-state index is -0.905. The molecule has 0 amide bonds. The maximum absolute atomic E-state index is 14.7. The molecule has 3 heterocycles. The molecule has 0 saturated carbocycles. The highest BCUT2D eigenvalue weighted by molar-refractivity contribution is 5.95. The van der Waals surface area contributed by atoms with Crippen LogP contribution in [-0.2, 0) is 6.42 Å². The molecule has 1 aliphatic rings. The van der Waals surface area contributed by atoms with Gasteiger partial charge in [0.1, 0.15) is 17.1 Å². The lowest BCUT2D eigenvalue weighted by Gasteiger charge is -2.12. The van der Waals surface area contributed by atoms with Crippen molar-refractivity contribution < 1.29 is 18.3 Å². The van der Waals surface area contributed by atoms with Gasteiger partial charge in [0.05, 0.1) is 31.2 Å². The van der Waals surface area contributed by atoms with Gasteiger partial charge in [0.15, 0.2) is 23.1 Å². The molecule has 3 N–H and O–H groups in total. The fourth-order valence-electron chi connectivity index (χ4n) is 3.83. The van der Waals surface area contributed by atoms with E-state index in [0.29, 0.717) is 11.1 Å². The van der Waals surface area contributed by atoms with Crippen molar-refractivity contribution in [3.8, 4) is 23.3 Å². The molecule has 1 fully saturated rings. The molecule has 0 spiro atoms. The van der Waals surface area contributed by atoms with Crippen LogP contribution in [0.1, 0.15) is 36.2 Å². The van der Waals surface area contributed by atoms with Gasteiger partial charge >= 0.3 is 0 Å². The highest BCUT2D eigenvalue weighted by atomic mass is 19.1. The van der Waals surface area contributed by atoms with E-state index in [4.69, 9.17) is 15.2 Å². The highest BCUT2D eigenvalue weighted by Gasteiger charge is 2.24. The Hall–Kier alpha value is -3.38. The predicted molar refractivity (Wildman–Crippen MR) is 113 cm³/mol. The van der Waals surface area contributed by atoms with Crippen molar-refractivity contribution in [1.82, 2.24) is 20.1 Å². The molecule has 4 rings (SSSR count). The predicted octanol–water partition coefficient (Wildman–Crippen LogP) is 2.81. The van der Waals surface area contributed by atoms with Gasteiger partial charge in [-0.2, -0.15) is 5.10 Å². The van der Waals surface area contributed by atoms with Gasteiger partial charge in [-0.25, -0.2) is 13.8 Å². The van der Waals surface area contributed by atoms with Crippen LogP contribution in [0.4, 0.5) is 14.6 Å². The van der Waals surface area contributed by atoms with E-state index in [1.807, 2.05) is 11.6 Å². The number of nitrogens with one attached hydrogen (secondary N) is 1. The first-order valence-electron chi connectivity index (χ1n) is 9.98. The minimum absolute atomic E-state index is 0.135. The van der Waals surface area contributed by atoms with Gasteiger partial charge < -0.3 is 20.5 Å². The number of aryl methyl sites for hydroxylation is 1. The Morgan fingerprint density at radius 1 is 1.23 bits per heavy atom. The van der Waals surface area contributed by atoms with E-state index in [-0.39, 0.29) is 23.4 Å². The van der Waals surface area contributed by atoms with Crippen LogP contribution in [0.25, 0.3) is 10.9 Å². The number of rotatable bonds is 4. The molecule has 1 saturated heterocycles. The van der Waals surface area contributed by atoms with Crippen molar-refractivity contribution in [1.29, 1.82) is 0 Å². The second-order valence-corrected chi connectivity index (χ2v) is 7.22. The number of methoxy groups -OCH3 is 2. The van der Waals surface area contributed by atoms with E-state index in [1.54, 1.807) is 6.20 Å². The number of nitrogens with zero attached hydrogens (tertiary/aromatic N) is 3. The van der Waals surface area contributed by atoms with Crippen molar-refractivity contribution in [3.63, 3.8) is 0 Å². The van der Waals surface area contributed by atoms with E-state index in [1.165, 1.54) is 14.2 Å². The molecular formula is C22H23F2N5O2. The van der Waals surface area contributed by atoms with Crippen molar-refractivity contribution in [2.75, 3.05) is 33.0 Å². The smallest absolute Gasteiger partial charge is 0.183 e. The van der Waals surface area contributed by atoms with Crippen molar-refractivity contribution in [2.24, 2.45) is 0 Å². The van der Waals surface area contributed by atoms with Crippen LogP contribution < -0.4 is 20.5 Å². The van der Waals surface area contributed by atoms with Gasteiger partial charge in [-0.3, -0.25) is 4.68 Å². The van der Waals surface area contributed by atoms with Gasteiger partial charge in [-0.15, -0.1) is 0 Å². The summed E-state index contributed by atoms with van der Waals surface area (Å²) in [6.45, 7) is 3.68. The lowest BCUT2D eigenvalue weighted by molar-refractivity contribution is 0.357. The maximum atomic E-state index is 14.7. The number of pyridine rings is 1. The first-order chi connectivity index (χ1) is 15.0. The second-order valence-electron chi connectivity index (χ2n) is 7.22. The summed E-state index contributed by atoms with van der Waals surface area (Å²) in [5.41, 5.74) is 7.88. The molecule has 0 bridgehead atoms. The van der Waals surface area contributed by atoms with Crippen LogP contribution >= 0.6 is 0 Å². The summed E-state index contributed by atoms with van der Waals surface area (Å²) >= 11 is 0. The van der Waals surface area contributed by atoms with Crippen molar-refractivity contribution >= 4 is 16.7 Å². The molecule has 1 atom stereocenters. The summed E-state index contributed by atoms with van der Waals surface area (Å²) in [4.78, 5) is 4.28. The fourth-order valence-corrected chi connectivity index (χ4v) is 3.83. The summed E-state index contributed by atoms with van der Waals surface area (Å²) in [6, 6.07) is 1.28. The van der Waals surface area contributed by atoms with Crippen LogP contribution in [-0.4, -0.2) is 42.1 Å². The molecule has 3 aromatic rings. The van der Waals surface area contributed by atoms with E-state index in [0.717, 1.165) is 43.1 Å². The Bertz CT molecular complexity index is 1180. The molecule has 2 aromatic heterocycles. The number of halogens is 2. The number of fused-ring (bicyclic) bond motifs is 1. The molecule has 7 nitrogen and oxygen atoms in total. The van der Waals surface area contributed by atoms with E-state index in [2.05, 4.69) is 27.2 Å².